The zero-order valence-electron chi connectivity index (χ0n) is 11.4. The highest BCUT2D eigenvalue weighted by Crippen LogP contribution is 2.17. The van der Waals surface area contributed by atoms with Crippen molar-refractivity contribution in [2.24, 2.45) is 10.9 Å². The van der Waals surface area contributed by atoms with E-state index in [1.54, 1.807) is 18.2 Å². The Kier molecular flexibility index (Phi) is 4.37. The number of amidine groups is 1. The second-order valence-corrected chi connectivity index (χ2v) is 4.67. The molecule has 6 heteroatoms. The van der Waals surface area contributed by atoms with E-state index < -0.39 is 5.82 Å². The minimum absolute atomic E-state index is 0.183. The average Bonchev–Trinajstić information content (AvgIpc) is 2.46. The molecule has 110 valence electrons. The molecule has 0 saturated carbocycles. The molecule has 0 bridgehead atoms. The molecule has 0 aliphatic carbocycles. The zero-order valence-corrected chi connectivity index (χ0v) is 11.4. The lowest BCUT2D eigenvalue weighted by Crippen LogP contribution is -2.14. The first-order chi connectivity index (χ1) is 9.99. The van der Waals surface area contributed by atoms with Gasteiger partial charge >= 0.3 is 0 Å². The van der Waals surface area contributed by atoms with Gasteiger partial charge in [-0.3, -0.25) is 0 Å². The molecule has 0 saturated heterocycles. The van der Waals surface area contributed by atoms with Crippen LogP contribution in [0.1, 0.15) is 16.7 Å². The van der Waals surface area contributed by atoms with Gasteiger partial charge in [-0.1, -0.05) is 11.2 Å². The summed E-state index contributed by atoms with van der Waals surface area (Å²) in [6.45, 7) is 2.06. The summed E-state index contributed by atoms with van der Waals surface area (Å²) in [6.07, 6.45) is 0. The summed E-state index contributed by atoms with van der Waals surface area (Å²) in [5.74, 6) is -1.08. The van der Waals surface area contributed by atoms with Gasteiger partial charge < -0.3 is 16.3 Å². The highest BCUT2D eigenvalue weighted by molar-refractivity contribution is 5.97. The van der Waals surface area contributed by atoms with E-state index in [1.807, 2.05) is 6.92 Å². The highest BCUT2D eigenvalue weighted by atomic mass is 19.1. The number of rotatable bonds is 4. The summed E-state index contributed by atoms with van der Waals surface area (Å²) in [5, 5.41) is 14.3. The van der Waals surface area contributed by atoms with Crippen LogP contribution in [0, 0.1) is 18.6 Å². The minimum atomic E-state index is -0.513. The SMILES string of the molecule is Cc1ccc(F)c(NCc2cc(F)cc(/C(N)=N/O)c2)c1. The molecular formula is C15H15F2N3O. The largest absolute Gasteiger partial charge is 0.409 e. The molecule has 4 N–H and O–H groups in total. The van der Waals surface area contributed by atoms with E-state index in [0.717, 1.165) is 11.6 Å². The summed E-state index contributed by atoms with van der Waals surface area (Å²) in [5.41, 5.74) is 7.50. The number of benzene rings is 2. The summed E-state index contributed by atoms with van der Waals surface area (Å²) in [6, 6.07) is 8.73. The molecule has 0 amide bonds. The van der Waals surface area contributed by atoms with Gasteiger partial charge in [0.1, 0.15) is 11.6 Å². The number of aryl methyl sites for hydroxylation is 1. The summed E-state index contributed by atoms with van der Waals surface area (Å²) >= 11 is 0. The van der Waals surface area contributed by atoms with Crippen LogP contribution in [-0.2, 0) is 6.54 Å². The number of hydrogen-bond donors (Lipinski definition) is 3. The fraction of sp³-hybridized carbons (Fsp3) is 0.133. The topological polar surface area (TPSA) is 70.6 Å². The van der Waals surface area contributed by atoms with Gasteiger partial charge in [-0.2, -0.15) is 0 Å². The maximum atomic E-state index is 13.6. The number of halogens is 2. The summed E-state index contributed by atoms with van der Waals surface area (Å²) < 4.78 is 27.1. The van der Waals surface area contributed by atoms with Crippen molar-refractivity contribution >= 4 is 11.5 Å². The van der Waals surface area contributed by atoms with Gasteiger partial charge in [0.25, 0.3) is 0 Å². The molecule has 21 heavy (non-hydrogen) atoms. The van der Waals surface area contributed by atoms with Crippen molar-refractivity contribution in [1.29, 1.82) is 0 Å². The Morgan fingerprint density at radius 1 is 1.24 bits per heavy atom. The maximum absolute atomic E-state index is 13.6. The van der Waals surface area contributed by atoms with Gasteiger partial charge in [0, 0.05) is 12.1 Å². The molecule has 2 aromatic carbocycles. The van der Waals surface area contributed by atoms with E-state index in [9.17, 15) is 8.78 Å². The van der Waals surface area contributed by atoms with Crippen molar-refractivity contribution < 1.29 is 14.0 Å². The number of hydrogen-bond acceptors (Lipinski definition) is 3. The molecule has 0 fully saturated rings. The van der Waals surface area contributed by atoms with Crippen LogP contribution in [0.2, 0.25) is 0 Å². The number of oxime groups is 1. The second-order valence-electron chi connectivity index (χ2n) is 4.67. The van der Waals surface area contributed by atoms with Crippen LogP contribution in [0.3, 0.4) is 0 Å². The summed E-state index contributed by atoms with van der Waals surface area (Å²) in [7, 11) is 0. The molecule has 0 aliphatic rings. The third kappa shape index (κ3) is 3.68. The molecule has 0 atom stereocenters. The van der Waals surface area contributed by atoms with E-state index in [0.29, 0.717) is 11.3 Å². The van der Waals surface area contributed by atoms with Crippen LogP contribution in [0.4, 0.5) is 14.5 Å². The molecule has 2 rings (SSSR count). The van der Waals surface area contributed by atoms with E-state index in [2.05, 4.69) is 10.5 Å². The lowest BCUT2D eigenvalue weighted by Gasteiger charge is -2.10. The Labute approximate surface area is 120 Å². The smallest absolute Gasteiger partial charge is 0.170 e. The molecule has 0 unspecified atom stereocenters. The quantitative estimate of drug-likeness (QED) is 0.351. The van der Waals surface area contributed by atoms with Crippen molar-refractivity contribution in [1.82, 2.24) is 0 Å². The lowest BCUT2D eigenvalue weighted by molar-refractivity contribution is 0.318. The number of anilines is 1. The van der Waals surface area contributed by atoms with E-state index in [-0.39, 0.29) is 23.8 Å². The average molecular weight is 291 g/mol. The first kappa shape index (κ1) is 14.8. The lowest BCUT2D eigenvalue weighted by atomic mass is 10.1. The van der Waals surface area contributed by atoms with Crippen molar-refractivity contribution in [3.8, 4) is 0 Å². The number of nitrogens with two attached hydrogens (primary N) is 1. The van der Waals surface area contributed by atoms with Gasteiger partial charge in [0.2, 0.25) is 0 Å². The van der Waals surface area contributed by atoms with Gasteiger partial charge in [-0.15, -0.1) is 0 Å². The Morgan fingerprint density at radius 3 is 2.71 bits per heavy atom. The van der Waals surface area contributed by atoms with E-state index in [4.69, 9.17) is 10.9 Å². The molecule has 0 aliphatic heterocycles. The molecule has 0 radical (unpaired) electrons. The molecule has 2 aromatic rings. The molecule has 0 heterocycles. The first-order valence-electron chi connectivity index (χ1n) is 6.27. The van der Waals surface area contributed by atoms with Crippen LogP contribution in [0.15, 0.2) is 41.6 Å². The first-order valence-corrected chi connectivity index (χ1v) is 6.27. The van der Waals surface area contributed by atoms with Crippen molar-refractivity contribution in [3.63, 3.8) is 0 Å². The van der Waals surface area contributed by atoms with Crippen LogP contribution >= 0.6 is 0 Å². The Bertz CT molecular complexity index is 687. The normalized spacial score (nSPS) is 11.5. The van der Waals surface area contributed by atoms with Gasteiger partial charge in [0.05, 0.1) is 5.69 Å². The van der Waals surface area contributed by atoms with E-state index >= 15 is 0 Å². The van der Waals surface area contributed by atoms with Crippen molar-refractivity contribution in [2.45, 2.75) is 13.5 Å². The monoisotopic (exact) mass is 291 g/mol. The van der Waals surface area contributed by atoms with Crippen LogP contribution in [-0.4, -0.2) is 11.0 Å². The van der Waals surface area contributed by atoms with E-state index in [1.165, 1.54) is 12.1 Å². The minimum Gasteiger partial charge on any atom is -0.409 e. The fourth-order valence-electron chi connectivity index (χ4n) is 1.93. The highest BCUT2D eigenvalue weighted by Gasteiger charge is 2.06. The Morgan fingerprint density at radius 2 is 2.00 bits per heavy atom. The maximum Gasteiger partial charge on any atom is 0.170 e. The third-order valence-corrected chi connectivity index (χ3v) is 2.97. The molecular weight excluding hydrogens is 276 g/mol. The van der Waals surface area contributed by atoms with Crippen molar-refractivity contribution in [2.75, 3.05) is 5.32 Å². The summed E-state index contributed by atoms with van der Waals surface area (Å²) in [4.78, 5) is 0. The van der Waals surface area contributed by atoms with Gasteiger partial charge in [-0.05, 0) is 48.4 Å². The van der Waals surface area contributed by atoms with Gasteiger partial charge in [-0.25, -0.2) is 8.78 Å². The zero-order chi connectivity index (χ0) is 15.4. The Balaban J connectivity index is 2.20. The molecule has 0 spiro atoms. The third-order valence-electron chi connectivity index (χ3n) is 2.97. The van der Waals surface area contributed by atoms with Gasteiger partial charge in [0.15, 0.2) is 5.84 Å². The van der Waals surface area contributed by atoms with Crippen LogP contribution < -0.4 is 11.1 Å². The predicted molar refractivity (Wildman–Crippen MR) is 77.4 cm³/mol. The predicted octanol–water partition coefficient (Wildman–Crippen LogP) is 2.98. The standard InChI is InChI=1S/C15H15F2N3O/c1-9-2-3-13(17)14(4-9)19-8-10-5-11(15(18)20-21)7-12(16)6-10/h2-7,19,21H,8H2,1H3,(H2,18,20). The van der Waals surface area contributed by atoms with Crippen LogP contribution in [0.25, 0.3) is 0 Å². The van der Waals surface area contributed by atoms with Crippen LogP contribution in [0.5, 0.6) is 0 Å². The molecule has 4 nitrogen and oxygen atoms in total. The molecule has 0 aromatic heterocycles. The number of nitrogens with one attached hydrogen (secondary N) is 1. The second kappa shape index (κ2) is 6.21. The number of nitrogens with zero attached hydrogens (tertiary/aromatic N) is 1. The van der Waals surface area contributed by atoms with Crippen molar-refractivity contribution in [3.05, 3.63) is 64.7 Å². The Hall–Kier alpha value is -2.63. The fourth-order valence-corrected chi connectivity index (χ4v) is 1.93.